The molecule has 0 amide bonds. The summed E-state index contributed by atoms with van der Waals surface area (Å²) in [4.78, 5) is 0. The zero-order chi connectivity index (χ0) is 21.8. The van der Waals surface area contributed by atoms with Gasteiger partial charge in [0.15, 0.2) is 0 Å². The smallest absolute Gasteiger partial charge is 0.330 e. The second-order valence-electron chi connectivity index (χ2n) is 9.36. The summed E-state index contributed by atoms with van der Waals surface area (Å²) in [5.41, 5.74) is 7.03. The Kier molecular flexibility index (Phi) is 4.58. The maximum absolute atomic E-state index is 10.3. The minimum atomic E-state index is -0.939. The van der Waals surface area contributed by atoms with E-state index in [-0.39, 0.29) is 0 Å². The fourth-order valence-corrected chi connectivity index (χ4v) is 4.16. The standard InChI is InChI=1S/C28H26BO2/c1-27(2,30)28(3,4)31-29-19-14-12-18(13-15-19)20-16-17-25-22-9-6-5-8-21(22)24-11-7-10-23(20)26(24)25/h5-17,30H,1-4H3. The van der Waals surface area contributed by atoms with Gasteiger partial charge in [-0.2, -0.15) is 0 Å². The van der Waals surface area contributed by atoms with E-state index in [0.29, 0.717) is 0 Å². The van der Waals surface area contributed by atoms with Crippen molar-refractivity contribution in [1.82, 2.24) is 0 Å². The third kappa shape index (κ3) is 3.29. The molecule has 1 N–H and O–H groups in total. The van der Waals surface area contributed by atoms with Crippen LogP contribution in [-0.4, -0.2) is 23.8 Å². The van der Waals surface area contributed by atoms with Gasteiger partial charge in [0.05, 0.1) is 11.2 Å². The first-order valence-corrected chi connectivity index (χ1v) is 10.8. The van der Waals surface area contributed by atoms with Crippen LogP contribution in [0.15, 0.2) is 78.9 Å². The van der Waals surface area contributed by atoms with Crippen LogP contribution in [0.3, 0.4) is 0 Å². The maximum Gasteiger partial charge on any atom is 0.330 e. The molecule has 0 saturated heterocycles. The Bertz CT molecular complexity index is 1250. The molecule has 0 spiro atoms. The van der Waals surface area contributed by atoms with Crippen LogP contribution >= 0.6 is 0 Å². The van der Waals surface area contributed by atoms with E-state index in [1.54, 1.807) is 21.3 Å². The van der Waals surface area contributed by atoms with Crippen LogP contribution in [0.4, 0.5) is 0 Å². The fraction of sp³-hybridized carbons (Fsp3) is 0.214. The molecule has 1 aliphatic rings. The van der Waals surface area contributed by atoms with Crippen molar-refractivity contribution >= 4 is 23.7 Å². The minimum Gasteiger partial charge on any atom is -0.427 e. The van der Waals surface area contributed by atoms with Gasteiger partial charge < -0.3 is 9.76 Å². The normalized spacial score (nSPS) is 12.8. The Morgan fingerprint density at radius 2 is 1.23 bits per heavy atom. The van der Waals surface area contributed by atoms with E-state index < -0.39 is 11.2 Å². The lowest BCUT2D eigenvalue weighted by Crippen LogP contribution is -2.49. The van der Waals surface area contributed by atoms with E-state index in [0.717, 1.165) is 5.46 Å². The van der Waals surface area contributed by atoms with Crippen molar-refractivity contribution < 1.29 is 9.76 Å². The Hall–Kier alpha value is -2.88. The van der Waals surface area contributed by atoms with Gasteiger partial charge in [0.1, 0.15) is 0 Å². The Morgan fingerprint density at radius 3 is 1.87 bits per heavy atom. The van der Waals surface area contributed by atoms with Gasteiger partial charge in [-0.05, 0) is 71.8 Å². The van der Waals surface area contributed by atoms with Crippen LogP contribution in [0, 0.1) is 0 Å². The quantitative estimate of drug-likeness (QED) is 0.366. The molecule has 153 valence electrons. The van der Waals surface area contributed by atoms with Crippen LogP contribution in [-0.2, 0) is 4.65 Å². The molecule has 0 aliphatic heterocycles. The van der Waals surface area contributed by atoms with E-state index in [9.17, 15) is 5.11 Å². The van der Waals surface area contributed by atoms with E-state index in [2.05, 4.69) is 78.9 Å². The SMILES string of the molecule is CC(C)(O)C(C)(C)O[B]c1ccc(-c2ccc3c4c(cccc24)-c2ccccc2-3)cc1. The van der Waals surface area contributed by atoms with Gasteiger partial charge >= 0.3 is 7.48 Å². The molecule has 3 heteroatoms. The summed E-state index contributed by atoms with van der Waals surface area (Å²) in [6, 6.07) is 28.1. The molecule has 0 bridgehead atoms. The largest absolute Gasteiger partial charge is 0.427 e. The minimum absolute atomic E-state index is 0.682. The molecular weight excluding hydrogens is 379 g/mol. The van der Waals surface area contributed by atoms with E-state index in [1.165, 1.54) is 44.2 Å². The zero-order valence-electron chi connectivity index (χ0n) is 18.4. The molecule has 5 rings (SSSR count). The van der Waals surface area contributed by atoms with Crippen molar-refractivity contribution in [3.05, 3.63) is 78.9 Å². The topological polar surface area (TPSA) is 29.5 Å². The maximum atomic E-state index is 10.3. The van der Waals surface area contributed by atoms with E-state index >= 15 is 0 Å². The highest BCUT2D eigenvalue weighted by Gasteiger charge is 2.35. The van der Waals surface area contributed by atoms with Crippen molar-refractivity contribution in [1.29, 1.82) is 0 Å². The summed E-state index contributed by atoms with van der Waals surface area (Å²) in [7, 11) is 1.73. The van der Waals surface area contributed by atoms with Crippen molar-refractivity contribution in [2.75, 3.05) is 0 Å². The summed E-state index contributed by atoms with van der Waals surface area (Å²) < 4.78 is 5.90. The van der Waals surface area contributed by atoms with Gasteiger partial charge in [0, 0.05) is 0 Å². The van der Waals surface area contributed by atoms with E-state index in [4.69, 9.17) is 4.65 Å². The summed E-state index contributed by atoms with van der Waals surface area (Å²) >= 11 is 0. The van der Waals surface area contributed by atoms with Gasteiger partial charge in [-0.15, -0.1) is 0 Å². The predicted octanol–water partition coefficient (Wildman–Crippen LogP) is 5.96. The first kappa shape index (κ1) is 20.1. The molecule has 31 heavy (non-hydrogen) atoms. The van der Waals surface area contributed by atoms with Crippen LogP contribution in [0.2, 0.25) is 0 Å². The highest BCUT2D eigenvalue weighted by molar-refractivity contribution is 6.47. The van der Waals surface area contributed by atoms with Crippen molar-refractivity contribution in [3.63, 3.8) is 0 Å². The summed E-state index contributed by atoms with van der Waals surface area (Å²) in [6.07, 6.45) is 0. The summed E-state index contributed by atoms with van der Waals surface area (Å²) in [5.74, 6) is 0. The molecule has 1 radical (unpaired) electrons. The van der Waals surface area contributed by atoms with Gasteiger partial charge in [0.2, 0.25) is 0 Å². The molecule has 4 aromatic rings. The molecule has 0 saturated carbocycles. The number of fused-ring (bicyclic) bond motifs is 3. The molecular formula is C28H26BO2. The van der Waals surface area contributed by atoms with Crippen LogP contribution in [0.25, 0.3) is 44.2 Å². The average molecular weight is 405 g/mol. The first-order valence-electron chi connectivity index (χ1n) is 10.8. The first-order chi connectivity index (χ1) is 14.8. The second-order valence-corrected chi connectivity index (χ2v) is 9.36. The Morgan fingerprint density at radius 1 is 0.645 bits per heavy atom. The van der Waals surface area contributed by atoms with Crippen molar-refractivity contribution in [2.24, 2.45) is 0 Å². The average Bonchev–Trinajstić information content (AvgIpc) is 3.08. The number of rotatable bonds is 5. The van der Waals surface area contributed by atoms with Crippen LogP contribution in [0.1, 0.15) is 27.7 Å². The number of hydrogen-bond donors (Lipinski definition) is 1. The molecule has 0 fully saturated rings. The molecule has 0 atom stereocenters. The molecule has 0 heterocycles. The Balaban J connectivity index is 1.49. The van der Waals surface area contributed by atoms with Crippen molar-refractivity contribution in [2.45, 2.75) is 38.9 Å². The summed E-state index contributed by atoms with van der Waals surface area (Å²) in [6.45, 7) is 7.31. The third-order valence-electron chi connectivity index (χ3n) is 6.73. The molecule has 0 unspecified atom stereocenters. The van der Waals surface area contributed by atoms with Crippen LogP contribution in [0.5, 0.6) is 0 Å². The zero-order valence-corrected chi connectivity index (χ0v) is 18.4. The Labute approximate surface area is 184 Å². The number of benzene rings is 4. The molecule has 0 aromatic heterocycles. The molecule has 1 aliphatic carbocycles. The van der Waals surface area contributed by atoms with E-state index in [1.807, 2.05) is 13.8 Å². The highest BCUT2D eigenvalue weighted by atomic mass is 16.5. The monoisotopic (exact) mass is 405 g/mol. The molecule has 2 nitrogen and oxygen atoms in total. The highest BCUT2D eigenvalue weighted by Crippen LogP contribution is 2.48. The lowest BCUT2D eigenvalue weighted by Gasteiger charge is -2.37. The fourth-order valence-electron chi connectivity index (χ4n) is 4.16. The third-order valence-corrected chi connectivity index (χ3v) is 6.73. The lowest BCUT2D eigenvalue weighted by molar-refractivity contribution is -0.0893. The predicted molar refractivity (Wildman–Crippen MR) is 131 cm³/mol. The van der Waals surface area contributed by atoms with Gasteiger partial charge in [-0.3, -0.25) is 0 Å². The summed E-state index contributed by atoms with van der Waals surface area (Å²) in [5, 5.41) is 12.9. The second kappa shape index (κ2) is 7.08. The number of hydrogen-bond acceptors (Lipinski definition) is 2. The van der Waals surface area contributed by atoms with Crippen LogP contribution < -0.4 is 5.46 Å². The van der Waals surface area contributed by atoms with Gasteiger partial charge in [-0.25, -0.2) is 0 Å². The molecule has 4 aromatic carbocycles. The number of aliphatic hydroxyl groups is 1. The lowest BCUT2D eigenvalue weighted by atomic mass is 9.82. The van der Waals surface area contributed by atoms with Crippen molar-refractivity contribution in [3.8, 4) is 33.4 Å². The van der Waals surface area contributed by atoms with Gasteiger partial charge in [0.25, 0.3) is 0 Å². The van der Waals surface area contributed by atoms with Gasteiger partial charge in [-0.1, -0.05) is 84.3 Å².